The van der Waals surface area contributed by atoms with E-state index in [0.717, 1.165) is 34.9 Å². The van der Waals surface area contributed by atoms with Crippen molar-refractivity contribution in [2.75, 3.05) is 9.80 Å². The summed E-state index contributed by atoms with van der Waals surface area (Å²) >= 11 is 0. The molecule has 2 nitrogen and oxygen atoms in total. The molecule has 2 aliphatic carbocycles. The molecule has 0 N–H and O–H groups in total. The van der Waals surface area contributed by atoms with Crippen LogP contribution in [0.2, 0.25) is 0 Å². The molecule has 0 spiro atoms. The largest absolute Gasteiger partial charge is 0.314 e. The summed E-state index contributed by atoms with van der Waals surface area (Å²) in [6.45, 7) is 4.32. The first-order valence-corrected chi connectivity index (χ1v) is 25.8. The number of anilines is 5. The Bertz CT molecular complexity index is 4010. The summed E-state index contributed by atoms with van der Waals surface area (Å²) < 4.78 is 0. The second-order valence-corrected chi connectivity index (χ2v) is 19.8. The van der Waals surface area contributed by atoms with Gasteiger partial charge in [0.2, 0.25) is 0 Å². The van der Waals surface area contributed by atoms with Crippen molar-refractivity contribution in [1.82, 2.24) is 0 Å². The number of nitrogens with zero attached hydrogens (tertiary/aromatic N) is 2. The van der Waals surface area contributed by atoms with Gasteiger partial charge >= 0.3 is 0 Å². The van der Waals surface area contributed by atoms with Gasteiger partial charge in [0, 0.05) is 40.1 Å². The van der Waals surface area contributed by atoms with Crippen LogP contribution >= 0.6 is 0 Å². The Labute approximate surface area is 434 Å². The Morgan fingerprint density at radius 2 is 0.784 bits per heavy atom. The first-order chi connectivity index (χ1) is 36.5. The van der Waals surface area contributed by atoms with E-state index in [1.807, 2.05) is 0 Å². The van der Waals surface area contributed by atoms with Gasteiger partial charge in [0.05, 0.1) is 0 Å². The van der Waals surface area contributed by atoms with Crippen molar-refractivity contribution in [3.05, 3.63) is 295 Å². The maximum Gasteiger partial charge on any atom is 0.0468 e. The SMILES string of the molecule is Cc1ccc(N(C2=CC=C3C=CC=CC3C2)c2ccc3c(-c4ccc(-c5ccccc5)cc4)c4cc(N(c5ccc(C)cc5)c5ccc6ccccc6c5)ccc4c(-c4ccc(-c5ccccc5)cc4)c3c2)cc1. The number of rotatable bonds is 10. The van der Waals surface area contributed by atoms with E-state index in [1.165, 1.54) is 99.2 Å². The number of hydrogen-bond donors (Lipinski definition) is 0. The third kappa shape index (κ3) is 8.41. The molecule has 0 amide bonds. The van der Waals surface area contributed by atoms with Gasteiger partial charge in [0.25, 0.3) is 0 Å². The quantitative estimate of drug-likeness (QED) is 0.126. The van der Waals surface area contributed by atoms with Gasteiger partial charge in [-0.15, -0.1) is 0 Å². The number of aryl methyl sites for hydroxylation is 2. The van der Waals surface area contributed by atoms with Gasteiger partial charge in [-0.1, -0.05) is 217 Å². The van der Waals surface area contributed by atoms with Crippen LogP contribution in [-0.4, -0.2) is 0 Å². The molecule has 13 rings (SSSR count). The van der Waals surface area contributed by atoms with Crippen molar-refractivity contribution in [3.8, 4) is 44.5 Å². The van der Waals surface area contributed by atoms with Gasteiger partial charge in [-0.3, -0.25) is 0 Å². The van der Waals surface area contributed by atoms with E-state index < -0.39 is 0 Å². The zero-order valence-corrected chi connectivity index (χ0v) is 41.7. The minimum Gasteiger partial charge on any atom is -0.314 e. The van der Waals surface area contributed by atoms with Crippen molar-refractivity contribution in [2.45, 2.75) is 20.3 Å². The molecule has 2 aliphatic rings. The van der Waals surface area contributed by atoms with Crippen LogP contribution in [0, 0.1) is 19.8 Å². The normalized spacial score (nSPS) is 13.9. The van der Waals surface area contributed by atoms with Crippen LogP contribution in [0.5, 0.6) is 0 Å². The molecule has 11 aromatic carbocycles. The van der Waals surface area contributed by atoms with E-state index in [1.54, 1.807) is 0 Å². The van der Waals surface area contributed by atoms with Gasteiger partial charge < -0.3 is 9.80 Å². The van der Waals surface area contributed by atoms with Crippen molar-refractivity contribution in [2.24, 2.45) is 5.92 Å². The Balaban J connectivity index is 1.09. The maximum absolute atomic E-state index is 2.49. The summed E-state index contributed by atoms with van der Waals surface area (Å²) in [6, 6.07) is 87.7. The minimum atomic E-state index is 0.324. The van der Waals surface area contributed by atoms with Crippen LogP contribution in [0.1, 0.15) is 17.5 Å². The minimum absolute atomic E-state index is 0.324. The van der Waals surface area contributed by atoms with Gasteiger partial charge in [-0.25, -0.2) is 0 Å². The molecule has 0 heterocycles. The molecule has 0 aliphatic heterocycles. The molecule has 0 radical (unpaired) electrons. The summed E-state index contributed by atoms with van der Waals surface area (Å²) in [5, 5.41) is 7.21. The fraction of sp³-hybridized carbons (Fsp3) is 0.0556. The average molecular weight is 947 g/mol. The Morgan fingerprint density at radius 1 is 0.338 bits per heavy atom. The van der Waals surface area contributed by atoms with E-state index in [0.29, 0.717) is 5.92 Å². The molecular formula is C72H54N2. The first-order valence-electron chi connectivity index (χ1n) is 25.8. The van der Waals surface area contributed by atoms with E-state index >= 15 is 0 Å². The van der Waals surface area contributed by atoms with Crippen LogP contribution in [-0.2, 0) is 0 Å². The first kappa shape index (κ1) is 44.7. The molecule has 1 unspecified atom stereocenters. The average Bonchev–Trinajstić information content (AvgIpc) is 3.46. The molecule has 352 valence electrons. The van der Waals surface area contributed by atoms with Gasteiger partial charge in [0.1, 0.15) is 0 Å². The smallest absolute Gasteiger partial charge is 0.0468 e. The summed E-state index contributed by atoms with van der Waals surface area (Å²) in [6.07, 6.45) is 14.5. The molecule has 1 atom stereocenters. The van der Waals surface area contributed by atoms with Crippen LogP contribution in [0.25, 0.3) is 76.8 Å². The zero-order valence-electron chi connectivity index (χ0n) is 41.7. The second kappa shape index (κ2) is 19.1. The molecule has 11 aromatic rings. The third-order valence-electron chi connectivity index (χ3n) is 15.1. The lowest BCUT2D eigenvalue weighted by Crippen LogP contribution is -2.21. The summed E-state index contributed by atoms with van der Waals surface area (Å²) in [5.41, 5.74) is 20.2. The molecule has 0 saturated carbocycles. The van der Waals surface area contributed by atoms with E-state index in [4.69, 9.17) is 0 Å². The van der Waals surface area contributed by atoms with Crippen molar-refractivity contribution >= 4 is 60.8 Å². The molecule has 0 fully saturated rings. The van der Waals surface area contributed by atoms with Crippen LogP contribution in [0.15, 0.2) is 284 Å². The molecule has 0 aromatic heterocycles. The zero-order chi connectivity index (χ0) is 49.5. The highest BCUT2D eigenvalue weighted by Gasteiger charge is 2.26. The monoisotopic (exact) mass is 946 g/mol. The maximum atomic E-state index is 2.49. The van der Waals surface area contributed by atoms with Gasteiger partial charge in [-0.2, -0.15) is 0 Å². The highest BCUT2D eigenvalue weighted by Crippen LogP contribution is 2.49. The van der Waals surface area contributed by atoms with Crippen LogP contribution in [0.4, 0.5) is 28.4 Å². The predicted octanol–water partition coefficient (Wildman–Crippen LogP) is 20.0. The van der Waals surface area contributed by atoms with Crippen molar-refractivity contribution < 1.29 is 0 Å². The van der Waals surface area contributed by atoms with Crippen LogP contribution in [0.3, 0.4) is 0 Å². The topological polar surface area (TPSA) is 6.48 Å². The lowest BCUT2D eigenvalue weighted by molar-refractivity contribution is 0.732. The van der Waals surface area contributed by atoms with Crippen LogP contribution < -0.4 is 9.80 Å². The van der Waals surface area contributed by atoms with E-state index in [2.05, 4.69) is 297 Å². The van der Waals surface area contributed by atoms with Gasteiger partial charge in [-0.05, 0) is 169 Å². The van der Waals surface area contributed by atoms with Gasteiger partial charge in [0.15, 0.2) is 0 Å². The van der Waals surface area contributed by atoms with E-state index in [-0.39, 0.29) is 0 Å². The molecule has 0 bridgehead atoms. The fourth-order valence-electron chi connectivity index (χ4n) is 11.3. The summed E-state index contributed by atoms with van der Waals surface area (Å²) in [5.74, 6) is 0.324. The molecule has 2 heteroatoms. The third-order valence-corrected chi connectivity index (χ3v) is 15.1. The molecular weight excluding hydrogens is 893 g/mol. The lowest BCUT2D eigenvalue weighted by atomic mass is 9.84. The Morgan fingerprint density at radius 3 is 1.35 bits per heavy atom. The van der Waals surface area contributed by atoms with E-state index in [9.17, 15) is 0 Å². The number of allylic oxidation sites excluding steroid dienone is 8. The fourth-order valence-corrected chi connectivity index (χ4v) is 11.3. The Kier molecular flexibility index (Phi) is 11.5. The predicted molar refractivity (Wildman–Crippen MR) is 316 cm³/mol. The molecule has 0 saturated heterocycles. The number of hydrogen-bond acceptors (Lipinski definition) is 2. The standard InChI is InChI=1S/C72H54N2/c1-49-21-35-61(36-22-49)73(63-39-33-53-17-9-11-19-59(53)45-63)65-41-43-67-69(47-65)71(57-29-25-55(26-30-57)51-13-5-3-6-14-51)68-44-42-66(48-70(68)72(67)58-31-27-56(28-32-58)52-15-7-4-8-16-52)74(62-37-23-50(2)24-38-62)64-40-34-54-18-10-12-20-60(54)46-64/h3-45,47-48,60H,46H2,1-2H3. The molecule has 74 heavy (non-hydrogen) atoms. The highest BCUT2D eigenvalue weighted by atomic mass is 15.2. The summed E-state index contributed by atoms with van der Waals surface area (Å²) in [4.78, 5) is 4.91. The second-order valence-electron chi connectivity index (χ2n) is 19.8. The highest BCUT2D eigenvalue weighted by molar-refractivity contribution is 6.22. The van der Waals surface area contributed by atoms with Crippen molar-refractivity contribution in [3.63, 3.8) is 0 Å². The Hall–Kier alpha value is -9.24. The lowest BCUT2D eigenvalue weighted by Gasteiger charge is -2.33. The summed E-state index contributed by atoms with van der Waals surface area (Å²) in [7, 11) is 0. The van der Waals surface area contributed by atoms with Crippen molar-refractivity contribution in [1.29, 1.82) is 0 Å². The number of fused-ring (bicyclic) bond motifs is 4. The number of benzene rings is 11.